The molecule has 21 heavy (non-hydrogen) atoms. The Morgan fingerprint density at radius 3 is 2.24 bits per heavy atom. The van der Waals surface area contributed by atoms with Crippen LogP contribution in [0, 0.1) is 0 Å². The summed E-state index contributed by atoms with van der Waals surface area (Å²) >= 11 is 0. The van der Waals surface area contributed by atoms with Crippen molar-refractivity contribution in [2.24, 2.45) is 0 Å². The fraction of sp³-hybridized carbons (Fsp3) is 0.0769. The van der Waals surface area contributed by atoms with Gasteiger partial charge < -0.3 is 11.5 Å². The van der Waals surface area contributed by atoms with Crippen LogP contribution in [0.3, 0.4) is 0 Å². The molecule has 0 atom stereocenters. The van der Waals surface area contributed by atoms with E-state index in [0.717, 1.165) is 12.1 Å². The second kappa shape index (κ2) is 4.37. The maximum Gasteiger partial charge on any atom is 0.416 e. The molecule has 8 heteroatoms. The summed E-state index contributed by atoms with van der Waals surface area (Å²) in [7, 11) is 0. The first-order valence-electron chi connectivity index (χ1n) is 5.94. The van der Waals surface area contributed by atoms with Crippen LogP contribution >= 0.6 is 0 Å². The van der Waals surface area contributed by atoms with Crippen LogP contribution in [0.5, 0.6) is 0 Å². The Labute approximate surface area is 117 Å². The molecule has 0 radical (unpaired) electrons. The van der Waals surface area contributed by atoms with Gasteiger partial charge in [-0.2, -0.15) is 22.7 Å². The van der Waals surface area contributed by atoms with Crippen LogP contribution in [0.4, 0.5) is 24.9 Å². The van der Waals surface area contributed by atoms with E-state index in [1.807, 2.05) is 0 Å². The number of alkyl halides is 3. The molecule has 3 aromatic rings. The molecule has 108 valence electrons. The van der Waals surface area contributed by atoms with Gasteiger partial charge in [-0.15, -0.1) is 5.10 Å². The number of halogens is 3. The third kappa shape index (κ3) is 2.24. The molecule has 4 N–H and O–H groups in total. The zero-order valence-corrected chi connectivity index (χ0v) is 10.6. The Morgan fingerprint density at radius 2 is 1.62 bits per heavy atom. The van der Waals surface area contributed by atoms with E-state index in [4.69, 9.17) is 11.5 Å². The van der Waals surface area contributed by atoms with Crippen molar-refractivity contribution in [2.75, 3.05) is 11.5 Å². The third-order valence-electron chi connectivity index (χ3n) is 3.08. The highest BCUT2D eigenvalue weighted by Crippen LogP contribution is 2.32. The second-order valence-corrected chi connectivity index (χ2v) is 4.45. The molecule has 2 aromatic heterocycles. The lowest BCUT2D eigenvalue weighted by Crippen LogP contribution is -2.05. The molecule has 0 fully saturated rings. The first-order valence-corrected chi connectivity index (χ1v) is 5.94. The smallest absolute Gasteiger partial charge is 0.383 e. The Morgan fingerprint density at radius 1 is 0.952 bits per heavy atom. The molecular formula is C13H10F3N5. The van der Waals surface area contributed by atoms with Crippen molar-refractivity contribution in [3.05, 3.63) is 42.0 Å². The first kappa shape index (κ1) is 13.2. The molecule has 0 aliphatic rings. The van der Waals surface area contributed by atoms with Crippen molar-refractivity contribution in [1.29, 1.82) is 0 Å². The minimum atomic E-state index is -4.37. The van der Waals surface area contributed by atoms with Crippen molar-refractivity contribution >= 4 is 17.4 Å². The van der Waals surface area contributed by atoms with Gasteiger partial charge in [-0.25, -0.2) is 0 Å². The molecule has 0 aliphatic heterocycles. The number of pyridine rings is 1. The van der Waals surface area contributed by atoms with Crippen molar-refractivity contribution in [3.8, 4) is 11.1 Å². The quantitative estimate of drug-likeness (QED) is 0.722. The van der Waals surface area contributed by atoms with E-state index in [0.29, 0.717) is 16.8 Å². The maximum atomic E-state index is 12.6. The topological polar surface area (TPSA) is 82.2 Å². The fourth-order valence-electron chi connectivity index (χ4n) is 2.07. The monoisotopic (exact) mass is 293 g/mol. The van der Waals surface area contributed by atoms with Crippen LogP contribution in [-0.4, -0.2) is 14.6 Å². The third-order valence-corrected chi connectivity index (χ3v) is 3.08. The molecule has 0 bridgehead atoms. The lowest BCUT2D eigenvalue weighted by atomic mass is 10.0. The minimum Gasteiger partial charge on any atom is -0.383 e. The maximum absolute atomic E-state index is 12.6. The molecule has 0 saturated carbocycles. The summed E-state index contributed by atoms with van der Waals surface area (Å²) in [6.07, 6.45) is -4.37. The molecule has 0 saturated heterocycles. The first-order chi connectivity index (χ1) is 9.86. The van der Waals surface area contributed by atoms with Crippen LogP contribution in [0.25, 0.3) is 16.8 Å². The number of hydrogen-bond acceptors (Lipinski definition) is 4. The Hall–Kier alpha value is -2.77. The van der Waals surface area contributed by atoms with Crippen molar-refractivity contribution in [1.82, 2.24) is 14.6 Å². The normalized spacial score (nSPS) is 12.0. The highest BCUT2D eigenvalue weighted by molar-refractivity contribution is 5.76. The van der Waals surface area contributed by atoms with Crippen LogP contribution in [0.2, 0.25) is 0 Å². The summed E-state index contributed by atoms with van der Waals surface area (Å²) in [4.78, 5) is 3.96. The van der Waals surface area contributed by atoms with Crippen molar-refractivity contribution < 1.29 is 13.2 Å². The number of nitrogen functional groups attached to an aromatic ring is 2. The SMILES string of the molecule is Nc1nc2ccc(-c3ccc(C(F)(F)F)cc3)c(N)n2n1. The predicted octanol–water partition coefficient (Wildman–Crippen LogP) is 2.58. The molecule has 2 heterocycles. The van der Waals surface area contributed by atoms with Gasteiger partial charge in [0.25, 0.3) is 0 Å². The summed E-state index contributed by atoms with van der Waals surface area (Å²) in [5.41, 5.74) is 12.3. The molecule has 5 nitrogen and oxygen atoms in total. The van der Waals surface area contributed by atoms with Crippen LogP contribution in [0.15, 0.2) is 36.4 Å². The Balaban J connectivity index is 2.10. The van der Waals surface area contributed by atoms with Crippen molar-refractivity contribution in [2.45, 2.75) is 6.18 Å². The van der Waals surface area contributed by atoms with E-state index in [1.165, 1.54) is 16.6 Å². The van der Waals surface area contributed by atoms with Crippen LogP contribution < -0.4 is 11.5 Å². The van der Waals surface area contributed by atoms with E-state index in [-0.39, 0.29) is 11.8 Å². The standard InChI is InChI=1S/C13H10F3N5/c14-13(15,16)8-3-1-7(2-4-8)9-5-6-10-19-12(18)20-21(10)11(9)17/h1-6H,17H2,(H2,18,20). The molecule has 0 unspecified atom stereocenters. The van der Waals surface area contributed by atoms with Gasteiger partial charge in [-0.1, -0.05) is 12.1 Å². The summed E-state index contributed by atoms with van der Waals surface area (Å²) in [5, 5.41) is 3.93. The number of benzene rings is 1. The van der Waals surface area contributed by atoms with Gasteiger partial charge >= 0.3 is 6.18 Å². The van der Waals surface area contributed by atoms with E-state index in [1.54, 1.807) is 12.1 Å². The lowest BCUT2D eigenvalue weighted by molar-refractivity contribution is -0.137. The number of hydrogen-bond donors (Lipinski definition) is 2. The number of nitrogens with two attached hydrogens (primary N) is 2. The van der Waals surface area contributed by atoms with Gasteiger partial charge in [-0.3, -0.25) is 0 Å². The van der Waals surface area contributed by atoms with Gasteiger partial charge in [0.2, 0.25) is 5.95 Å². The lowest BCUT2D eigenvalue weighted by Gasteiger charge is -2.09. The minimum absolute atomic E-state index is 0.0752. The molecular weight excluding hydrogens is 283 g/mol. The van der Waals surface area contributed by atoms with E-state index >= 15 is 0 Å². The largest absolute Gasteiger partial charge is 0.416 e. The summed E-state index contributed by atoms with van der Waals surface area (Å²) in [6, 6.07) is 8.05. The van der Waals surface area contributed by atoms with Crippen molar-refractivity contribution in [3.63, 3.8) is 0 Å². The van der Waals surface area contributed by atoms with Crippen LogP contribution in [-0.2, 0) is 6.18 Å². The highest BCUT2D eigenvalue weighted by atomic mass is 19.4. The van der Waals surface area contributed by atoms with Gasteiger partial charge in [0.05, 0.1) is 5.56 Å². The Bertz CT molecular complexity index is 805. The summed E-state index contributed by atoms with van der Waals surface area (Å²) in [5.74, 6) is 0.336. The average Bonchev–Trinajstić information content (AvgIpc) is 2.80. The van der Waals surface area contributed by atoms with Gasteiger partial charge in [-0.05, 0) is 29.8 Å². The molecule has 1 aromatic carbocycles. The molecule has 0 aliphatic carbocycles. The van der Waals surface area contributed by atoms with E-state index in [9.17, 15) is 13.2 Å². The highest BCUT2D eigenvalue weighted by Gasteiger charge is 2.30. The number of nitrogens with zero attached hydrogens (tertiary/aromatic N) is 3. The molecule has 3 rings (SSSR count). The van der Waals surface area contributed by atoms with E-state index < -0.39 is 11.7 Å². The zero-order chi connectivity index (χ0) is 15.2. The van der Waals surface area contributed by atoms with E-state index in [2.05, 4.69) is 10.1 Å². The molecule has 0 spiro atoms. The van der Waals surface area contributed by atoms with Gasteiger partial charge in [0, 0.05) is 5.56 Å². The molecule has 0 amide bonds. The van der Waals surface area contributed by atoms with Gasteiger partial charge in [0.15, 0.2) is 5.65 Å². The number of rotatable bonds is 1. The summed E-state index contributed by atoms with van der Waals surface area (Å²) in [6.45, 7) is 0. The predicted molar refractivity (Wildman–Crippen MR) is 72.2 cm³/mol. The Kier molecular flexibility index (Phi) is 2.75. The second-order valence-electron chi connectivity index (χ2n) is 4.45. The summed E-state index contributed by atoms with van der Waals surface area (Å²) < 4.78 is 39.0. The zero-order valence-electron chi connectivity index (χ0n) is 10.6. The average molecular weight is 293 g/mol. The fourth-order valence-corrected chi connectivity index (χ4v) is 2.07. The number of aromatic nitrogens is 3. The van der Waals surface area contributed by atoms with Crippen LogP contribution in [0.1, 0.15) is 5.56 Å². The van der Waals surface area contributed by atoms with Gasteiger partial charge in [0.1, 0.15) is 5.82 Å². The number of anilines is 2. The number of fused-ring (bicyclic) bond motifs is 1.